The van der Waals surface area contributed by atoms with Gasteiger partial charge in [0.1, 0.15) is 17.0 Å². The Morgan fingerprint density at radius 1 is 1.11 bits per heavy atom. The van der Waals surface area contributed by atoms with E-state index in [1.165, 1.54) is 36.2 Å². The minimum absolute atomic E-state index is 0.156. The van der Waals surface area contributed by atoms with Gasteiger partial charge in [-0.15, -0.1) is 5.10 Å². The lowest BCUT2D eigenvalue weighted by Gasteiger charge is -2.40. The topological polar surface area (TPSA) is 102 Å². The molecular weight excluding hydrogens is 468 g/mol. The fraction of sp³-hybridized carbons (Fsp3) is 0.444. The zero-order valence-corrected chi connectivity index (χ0v) is 20.7. The molecule has 1 atom stereocenters. The van der Waals surface area contributed by atoms with Crippen molar-refractivity contribution in [2.24, 2.45) is 5.92 Å². The highest BCUT2D eigenvalue weighted by Crippen LogP contribution is 2.34. The summed E-state index contributed by atoms with van der Waals surface area (Å²) in [6, 6.07) is 11.7. The Hall–Kier alpha value is -3.63. The molecular formula is C27H30N8O2. The molecule has 7 rings (SSSR count). The van der Waals surface area contributed by atoms with Crippen molar-refractivity contribution in [3.8, 4) is 11.4 Å². The zero-order chi connectivity index (χ0) is 24.8. The van der Waals surface area contributed by atoms with E-state index in [0.29, 0.717) is 36.3 Å². The van der Waals surface area contributed by atoms with Gasteiger partial charge in [0.25, 0.3) is 5.56 Å². The summed E-state index contributed by atoms with van der Waals surface area (Å²) in [4.78, 5) is 24.5. The molecule has 2 aliphatic heterocycles. The molecule has 1 N–H and O–H groups in total. The van der Waals surface area contributed by atoms with Crippen LogP contribution in [0.3, 0.4) is 0 Å². The number of piperidine rings is 1. The molecule has 190 valence electrons. The van der Waals surface area contributed by atoms with Gasteiger partial charge in [0, 0.05) is 31.4 Å². The largest absolute Gasteiger partial charge is 0.375 e. The minimum Gasteiger partial charge on any atom is -0.375 e. The van der Waals surface area contributed by atoms with Crippen molar-refractivity contribution in [1.82, 2.24) is 34.7 Å². The number of anilines is 1. The van der Waals surface area contributed by atoms with Crippen LogP contribution in [0.1, 0.15) is 31.4 Å². The summed E-state index contributed by atoms with van der Waals surface area (Å²) in [6.45, 7) is 4.16. The Labute approximate surface area is 214 Å². The van der Waals surface area contributed by atoms with Crippen LogP contribution in [-0.2, 0) is 10.3 Å². The van der Waals surface area contributed by atoms with E-state index in [0.717, 1.165) is 36.9 Å². The van der Waals surface area contributed by atoms with Crippen LogP contribution in [0.15, 0.2) is 59.8 Å². The summed E-state index contributed by atoms with van der Waals surface area (Å²) in [7, 11) is 0. The van der Waals surface area contributed by atoms with Gasteiger partial charge in [0.2, 0.25) is 0 Å². The Kier molecular flexibility index (Phi) is 5.51. The maximum Gasteiger partial charge on any atom is 0.258 e. The molecule has 1 saturated carbocycles. The smallest absolute Gasteiger partial charge is 0.258 e. The number of rotatable bonds is 7. The van der Waals surface area contributed by atoms with Crippen molar-refractivity contribution in [3.63, 3.8) is 0 Å². The van der Waals surface area contributed by atoms with Crippen molar-refractivity contribution < 1.29 is 4.74 Å². The number of nitrogens with zero attached hydrogens (tertiary/aromatic N) is 7. The van der Waals surface area contributed by atoms with Crippen LogP contribution in [0.25, 0.3) is 17.0 Å². The Balaban J connectivity index is 1.12. The van der Waals surface area contributed by atoms with Crippen molar-refractivity contribution in [3.05, 3.63) is 71.0 Å². The van der Waals surface area contributed by atoms with Gasteiger partial charge in [-0.2, -0.15) is 0 Å². The fourth-order valence-corrected chi connectivity index (χ4v) is 5.35. The number of hydrogen-bond donors (Lipinski definition) is 1. The fourth-order valence-electron chi connectivity index (χ4n) is 5.35. The molecule has 0 radical (unpaired) electrons. The maximum atomic E-state index is 12.5. The first-order valence-electron chi connectivity index (χ1n) is 13.1. The predicted molar refractivity (Wildman–Crippen MR) is 139 cm³/mol. The SMILES string of the molecule is O=c1cc(-c2cn(C3(c4ccc(N5CCC[C@@H](NCC6CC6)C5)cn4)COC3)nn2)nc2ccccn12. The second kappa shape index (κ2) is 9.04. The Morgan fingerprint density at radius 3 is 2.81 bits per heavy atom. The van der Waals surface area contributed by atoms with Gasteiger partial charge in [0.05, 0.1) is 37.0 Å². The predicted octanol–water partition coefficient (Wildman–Crippen LogP) is 2.09. The molecule has 2 saturated heterocycles. The Morgan fingerprint density at radius 2 is 2.03 bits per heavy atom. The summed E-state index contributed by atoms with van der Waals surface area (Å²) in [5.74, 6) is 0.896. The molecule has 10 heteroatoms. The van der Waals surface area contributed by atoms with E-state index < -0.39 is 5.54 Å². The number of aromatic nitrogens is 6. The highest BCUT2D eigenvalue weighted by molar-refractivity contribution is 5.56. The molecule has 0 unspecified atom stereocenters. The lowest BCUT2D eigenvalue weighted by molar-refractivity contribution is -0.0851. The van der Waals surface area contributed by atoms with Crippen LogP contribution in [0.2, 0.25) is 0 Å². The van der Waals surface area contributed by atoms with Crippen LogP contribution in [-0.4, -0.2) is 68.3 Å². The number of ether oxygens (including phenoxy) is 1. The van der Waals surface area contributed by atoms with Gasteiger partial charge in [-0.05, 0) is 62.4 Å². The van der Waals surface area contributed by atoms with E-state index in [-0.39, 0.29) is 5.56 Å². The molecule has 0 spiro atoms. The molecule has 37 heavy (non-hydrogen) atoms. The average Bonchev–Trinajstić information content (AvgIpc) is 3.62. The molecule has 0 bridgehead atoms. The van der Waals surface area contributed by atoms with Crippen LogP contribution in [0.5, 0.6) is 0 Å². The highest BCUT2D eigenvalue weighted by Gasteiger charge is 2.45. The summed E-state index contributed by atoms with van der Waals surface area (Å²) in [6.07, 6.45) is 10.7. The number of pyridine rings is 2. The summed E-state index contributed by atoms with van der Waals surface area (Å²) in [5.41, 5.74) is 2.98. The third kappa shape index (κ3) is 4.19. The normalized spacial score (nSPS) is 21.2. The highest BCUT2D eigenvalue weighted by atomic mass is 16.5. The van der Waals surface area contributed by atoms with Crippen LogP contribution >= 0.6 is 0 Å². The molecule has 0 aromatic carbocycles. The van der Waals surface area contributed by atoms with E-state index in [2.05, 4.69) is 37.6 Å². The third-order valence-electron chi connectivity index (χ3n) is 7.85. The maximum absolute atomic E-state index is 12.5. The second-order valence-electron chi connectivity index (χ2n) is 10.5. The molecule has 6 heterocycles. The quantitative estimate of drug-likeness (QED) is 0.413. The first-order valence-corrected chi connectivity index (χ1v) is 13.1. The standard InChI is InChI=1S/C27H30N8O2/c36-26-12-22(30-25-5-1-2-11-34(25)26)23-16-35(32-31-23)27(17-37-18-27)24-9-8-21(14-29-24)33-10-3-4-20(15-33)28-13-19-6-7-19/h1-2,5,8-9,11-12,14,16,19-20,28H,3-4,6-7,10,13,15,17-18H2/t20-/m1/s1. The van der Waals surface area contributed by atoms with Crippen molar-refractivity contribution in [2.75, 3.05) is 37.7 Å². The van der Waals surface area contributed by atoms with Gasteiger partial charge in [-0.1, -0.05) is 11.3 Å². The van der Waals surface area contributed by atoms with Crippen LogP contribution in [0, 0.1) is 5.92 Å². The van der Waals surface area contributed by atoms with Crippen LogP contribution < -0.4 is 15.8 Å². The number of fused-ring (bicyclic) bond motifs is 1. The lowest BCUT2D eigenvalue weighted by atomic mass is 9.92. The van der Waals surface area contributed by atoms with Crippen molar-refractivity contribution >= 4 is 11.3 Å². The van der Waals surface area contributed by atoms with E-state index in [4.69, 9.17) is 9.72 Å². The summed E-state index contributed by atoms with van der Waals surface area (Å²) in [5, 5.41) is 12.5. The minimum atomic E-state index is -0.522. The molecule has 1 aliphatic carbocycles. The molecule has 3 fully saturated rings. The van der Waals surface area contributed by atoms with E-state index in [9.17, 15) is 4.79 Å². The molecule has 0 amide bonds. The van der Waals surface area contributed by atoms with Gasteiger partial charge in [-0.3, -0.25) is 14.2 Å². The lowest BCUT2D eigenvalue weighted by Crippen LogP contribution is -2.53. The second-order valence-corrected chi connectivity index (χ2v) is 10.5. The van der Waals surface area contributed by atoms with Crippen molar-refractivity contribution in [1.29, 1.82) is 0 Å². The van der Waals surface area contributed by atoms with Crippen molar-refractivity contribution in [2.45, 2.75) is 37.3 Å². The molecule has 4 aromatic heterocycles. The van der Waals surface area contributed by atoms with E-state index in [1.807, 2.05) is 18.5 Å². The Bertz CT molecular complexity index is 1470. The first kappa shape index (κ1) is 22.6. The van der Waals surface area contributed by atoms with Gasteiger partial charge in [-0.25, -0.2) is 9.67 Å². The number of nitrogens with one attached hydrogen (secondary N) is 1. The van der Waals surface area contributed by atoms with Gasteiger partial charge < -0.3 is 15.0 Å². The summed E-state index contributed by atoms with van der Waals surface area (Å²) >= 11 is 0. The van der Waals surface area contributed by atoms with Gasteiger partial charge in [0.15, 0.2) is 5.54 Å². The molecule has 4 aromatic rings. The molecule has 10 nitrogen and oxygen atoms in total. The summed E-state index contributed by atoms with van der Waals surface area (Å²) < 4.78 is 8.95. The van der Waals surface area contributed by atoms with E-state index >= 15 is 0 Å². The van der Waals surface area contributed by atoms with Crippen LogP contribution in [0.4, 0.5) is 5.69 Å². The van der Waals surface area contributed by atoms with E-state index in [1.54, 1.807) is 23.0 Å². The average molecular weight is 499 g/mol. The zero-order valence-electron chi connectivity index (χ0n) is 20.7. The monoisotopic (exact) mass is 498 g/mol. The third-order valence-corrected chi connectivity index (χ3v) is 7.85. The molecule has 3 aliphatic rings. The first-order chi connectivity index (χ1) is 18.2. The van der Waals surface area contributed by atoms with Gasteiger partial charge >= 0.3 is 0 Å². The number of hydrogen-bond acceptors (Lipinski definition) is 8.